The summed E-state index contributed by atoms with van der Waals surface area (Å²) >= 11 is 0. The van der Waals surface area contributed by atoms with E-state index in [2.05, 4.69) is 10.6 Å². The zero-order valence-electron chi connectivity index (χ0n) is 14.3. The molecule has 0 unspecified atom stereocenters. The fourth-order valence-corrected chi connectivity index (χ4v) is 2.26. The molecular weight excluding hydrogens is 390 g/mol. The minimum absolute atomic E-state index is 0.00148. The van der Waals surface area contributed by atoms with Crippen LogP contribution in [0.4, 0.5) is 37.7 Å². The minimum Gasteiger partial charge on any atom is -0.376 e. The molecule has 0 saturated heterocycles. The number of nitrogens with one attached hydrogen (secondary N) is 2. The predicted octanol–water partition coefficient (Wildman–Crippen LogP) is 4.98. The normalized spacial score (nSPS) is 11.8. The number of rotatable bonds is 5. The molecule has 2 aromatic rings. The number of anilines is 2. The van der Waals surface area contributed by atoms with Crippen LogP contribution in [-0.2, 0) is 17.1 Å². The number of alkyl halides is 6. The molecule has 2 aromatic carbocycles. The fraction of sp³-hybridized carbons (Fsp3) is 0.222. The Morgan fingerprint density at radius 1 is 0.857 bits per heavy atom. The molecule has 0 atom stereocenters. The van der Waals surface area contributed by atoms with Crippen molar-refractivity contribution in [3.8, 4) is 0 Å². The quantitative estimate of drug-likeness (QED) is 0.546. The molecule has 0 bridgehead atoms. The fourth-order valence-electron chi connectivity index (χ4n) is 2.26. The van der Waals surface area contributed by atoms with Crippen molar-refractivity contribution < 1.29 is 35.9 Å². The van der Waals surface area contributed by atoms with Crippen LogP contribution < -0.4 is 10.6 Å². The van der Waals surface area contributed by atoms with Gasteiger partial charge in [-0.25, -0.2) is 0 Å². The Morgan fingerprint density at radius 2 is 1.43 bits per heavy atom. The lowest BCUT2D eigenvalue weighted by Gasteiger charge is -2.15. The number of carbonyl (C=O) groups is 2. The number of hydrogen-bond acceptors (Lipinski definition) is 3. The second-order valence-electron chi connectivity index (χ2n) is 5.83. The summed E-state index contributed by atoms with van der Waals surface area (Å²) in [4.78, 5) is 23.2. The van der Waals surface area contributed by atoms with E-state index in [1.165, 1.54) is 31.2 Å². The summed E-state index contributed by atoms with van der Waals surface area (Å²) in [6.07, 6.45) is -9.96. The predicted molar refractivity (Wildman–Crippen MR) is 90.0 cm³/mol. The van der Waals surface area contributed by atoms with E-state index in [1.807, 2.05) is 0 Å². The molecule has 0 heterocycles. The van der Waals surface area contributed by atoms with Crippen LogP contribution in [0.15, 0.2) is 42.5 Å². The van der Waals surface area contributed by atoms with Gasteiger partial charge < -0.3 is 10.6 Å². The van der Waals surface area contributed by atoms with Crippen molar-refractivity contribution >= 4 is 23.1 Å². The molecule has 150 valence electrons. The second-order valence-corrected chi connectivity index (χ2v) is 5.83. The molecule has 10 heteroatoms. The minimum atomic E-state index is -4.98. The summed E-state index contributed by atoms with van der Waals surface area (Å²) in [7, 11) is 0. The van der Waals surface area contributed by atoms with Crippen LogP contribution in [0, 0.1) is 0 Å². The summed E-state index contributed by atoms with van der Waals surface area (Å²) in [6, 6.07) is 6.89. The van der Waals surface area contributed by atoms with Gasteiger partial charge in [0.05, 0.1) is 17.7 Å². The maximum atomic E-state index is 12.8. The van der Waals surface area contributed by atoms with Gasteiger partial charge in [-0.2, -0.15) is 26.3 Å². The first-order valence-corrected chi connectivity index (χ1v) is 7.80. The Hall–Kier alpha value is -3.04. The first kappa shape index (κ1) is 21.3. The highest BCUT2D eigenvalue weighted by molar-refractivity contribution is 5.98. The van der Waals surface area contributed by atoms with Crippen molar-refractivity contribution in [1.82, 2.24) is 0 Å². The standard InChI is InChI=1S/C18H14F6N2O2/c1-10(27)11-3-2-4-14(5-11)26-16(28)9-25-15-7-12(17(19,20)21)6-13(8-15)18(22,23)24/h2-8,25H,9H2,1H3,(H,26,28). The van der Waals surface area contributed by atoms with Crippen LogP contribution >= 0.6 is 0 Å². The van der Waals surface area contributed by atoms with Gasteiger partial charge in [0.1, 0.15) is 0 Å². The lowest BCUT2D eigenvalue weighted by atomic mass is 10.1. The van der Waals surface area contributed by atoms with Crippen molar-refractivity contribution in [2.24, 2.45) is 0 Å². The van der Waals surface area contributed by atoms with Crippen LogP contribution in [0.5, 0.6) is 0 Å². The molecule has 0 saturated carbocycles. The van der Waals surface area contributed by atoms with Gasteiger partial charge >= 0.3 is 12.4 Å². The van der Waals surface area contributed by atoms with Crippen LogP contribution in [0.25, 0.3) is 0 Å². The molecule has 2 N–H and O–H groups in total. The van der Waals surface area contributed by atoms with Crippen molar-refractivity contribution in [2.45, 2.75) is 19.3 Å². The molecule has 1 amide bonds. The molecule has 28 heavy (non-hydrogen) atoms. The number of ketones is 1. The van der Waals surface area contributed by atoms with Crippen molar-refractivity contribution in [2.75, 3.05) is 17.2 Å². The Labute approximate surface area is 155 Å². The van der Waals surface area contributed by atoms with Crippen LogP contribution in [-0.4, -0.2) is 18.2 Å². The zero-order valence-corrected chi connectivity index (χ0v) is 14.3. The van der Waals surface area contributed by atoms with Gasteiger partial charge in [0.15, 0.2) is 5.78 Å². The van der Waals surface area contributed by atoms with Gasteiger partial charge in [-0.05, 0) is 37.3 Å². The van der Waals surface area contributed by atoms with E-state index in [-0.39, 0.29) is 17.5 Å². The van der Waals surface area contributed by atoms with E-state index < -0.39 is 41.6 Å². The maximum Gasteiger partial charge on any atom is 0.416 e. The average molecular weight is 404 g/mol. The Bertz CT molecular complexity index is 858. The Morgan fingerprint density at radius 3 is 1.93 bits per heavy atom. The molecule has 0 spiro atoms. The smallest absolute Gasteiger partial charge is 0.376 e. The van der Waals surface area contributed by atoms with Crippen molar-refractivity contribution in [1.29, 1.82) is 0 Å². The van der Waals surface area contributed by atoms with Gasteiger partial charge in [-0.1, -0.05) is 12.1 Å². The molecule has 0 radical (unpaired) electrons. The molecule has 0 aliphatic heterocycles. The zero-order chi connectivity index (χ0) is 21.1. The van der Waals surface area contributed by atoms with Crippen LogP contribution in [0.2, 0.25) is 0 Å². The Balaban J connectivity index is 2.14. The highest BCUT2D eigenvalue weighted by Crippen LogP contribution is 2.37. The monoisotopic (exact) mass is 404 g/mol. The highest BCUT2D eigenvalue weighted by atomic mass is 19.4. The largest absolute Gasteiger partial charge is 0.416 e. The third-order valence-corrected chi connectivity index (χ3v) is 3.59. The van der Waals surface area contributed by atoms with Crippen molar-refractivity contribution in [3.63, 3.8) is 0 Å². The molecule has 0 aliphatic rings. The first-order valence-electron chi connectivity index (χ1n) is 7.80. The molecule has 4 nitrogen and oxygen atoms in total. The second kappa shape index (κ2) is 7.91. The van der Waals surface area contributed by atoms with E-state index in [9.17, 15) is 35.9 Å². The summed E-state index contributed by atoms with van der Waals surface area (Å²) in [5.41, 5.74) is -2.88. The number of hydrogen-bond donors (Lipinski definition) is 2. The number of benzene rings is 2. The summed E-state index contributed by atoms with van der Waals surface area (Å²) in [5.74, 6) is -0.954. The number of carbonyl (C=O) groups excluding carboxylic acids is 2. The molecule has 0 aromatic heterocycles. The van der Waals surface area contributed by atoms with Gasteiger partial charge in [0, 0.05) is 16.9 Å². The van der Waals surface area contributed by atoms with Crippen LogP contribution in [0.3, 0.4) is 0 Å². The SMILES string of the molecule is CC(=O)c1cccc(NC(=O)CNc2cc(C(F)(F)F)cc(C(F)(F)F)c2)c1. The lowest BCUT2D eigenvalue weighted by Crippen LogP contribution is -2.22. The van der Waals surface area contributed by atoms with Gasteiger partial charge in [-0.15, -0.1) is 0 Å². The van der Waals surface area contributed by atoms with E-state index >= 15 is 0 Å². The number of halogens is 6. The van der Waals surface area contributed by atoms with E-state index in [1.54, 1.807) is 0 Å². The number of amides is 1. The van der Waals surface area contributed by atoms with E-state index in [4.69, 9.17) is 0 Å². The summed E-state index contributed by atoms with van der Waals surface area (Å²) in [6.45, 7) is 0.747. The first-order chi connectivity index (χ1) is 12.9. The third-order valence-electron chi connectivity index (χ3n) is 3.59. The Kier molecular flexibility index (Phi) is 6.01. The number of Topliss-reactive ketones (excluding diaryl/α,β-unsaturated/α-hetero) is 1. The van der Waals surface area contributed by atoms with Gasteiger partial charge in [-0.3, -0.25) is 9.59 Å². The van der Waals surface area contributed by atoms with Gasteiger partial charge in [0.25, 0.3) is 0 Å². The molecule has 0 fully saturated rings. The molecule has 2 rings (SSSR count). The van der Waals surface area contributed by atoms with Crippen LogP contribution in [0.1, 0.15) is 28.4 Å². The summed E-state index contributed by atoms with van der Waals surface area (Å²) in [5, 5.41) is 4.65. The summed E-state index contributed by atoms with van der Waals surface area (Å²) < 4.78 is 76.9. The lowest BCUT2D eigenvalue weighted by molar-refractivity contribution is -0.143. The topological polar surface area (TPSA) is 58.2 Å². The third kappa shape index (κ3) is 5.73. The molecule has 0 aliphatic carbocycles. The van der Waals surface area contributed by atoms with Crippen molar-refractivity contribution in [3.05, 3.63) is 59.2 Å². The molecular formula is C18H14F6N2O2. The highest BCUT2D eigenvalue weighted by Gasteiger charge is 2.36. The van der Waals surface area contributed by atoms with E-state index in [0.717, 1.165) is 0 Å². The van der Waals surface area contributed by atoms with E-state index in [0.29, 0.717) is 17.7 Å². The average Bonchev–Trinajstić information content (AvgIpc) is 2.58. The maximum absolute atomic E-state index is 12.8. The van der Waals surface area contributed by atoms with Gasteiger partial charge in [0.2, 0.25) is 5.91 Å².